The molecule has 0 aromatic rings. The number of hydrogen-bond acceptors (Lipinski definition) is 4. The Hall–Kier alpha value is -1.39. The van der Waals surface area contributed by atoms with Crippen LogP contribution in [0.15, 0.2) is 0 Å². The van der Waals surface area contributed by atoms with Crippen LogP contribution in [-0.4, -0.2) is 35.8 Å². The van der Waals surface area contributed by atoms with Gasteiger partial charge in [0.15, 0.2) is 0 Å². The third-order valence-corrected chi connectivity index (χ3v) is 3.09. The van der Waals surface area contributed by atoms with Crippen LogP contribution >= 0.6 is 0 Å². The third-order valence-electron chi connectivity index (χ3n) is 3.09. The van der Waals surface area contributed by atoms with Gasteiger partial charge in [0, 0.05) is 11.8 Å². The van der Waals surface area contributed by atoms with Crippen molar-refractivity contribution in [3.8, 4) is 0 Å². The van der Waals surface area contributed by atoms with E-state index in [2.05, 4.69) is 0 Å². The molecular formula is C12H19NO4. The molecule has 2 atom stereocenters. The molecule has 0 aromatic carbocycles. The monoisotopic (exact) mass is 241 g/mol. The van der Waals surface area contributed by atoms with Gasteiger partial charge in [-0.2, -0.15) is 0 Å². The fourth-order valence-electron chi connectivity index (χ4n) is 1.65. The zero-order valence-electron chi connectivity index (χ0n) is 10.7. The van der Waals surface area contributed by atoms with Crippen molar-refractivity contribution in [2.45, 2.75) is 27.7 Å². The number of hydrogen-bond donors (Lipinski definition) is 0. The first-order valence-electron chi connectivity index (χ1n) is 5.88. The van der Waals surface area contributed by atoms with Crippen LogP contribution in [0.5, 0.6) is 0 Å². The summed E-state index contributed by atoms with van der Waals surface area (Å²) in [5.41, 5.74) is 0. The average Bonchev–Trinajstić information content (AvgIpc) is 2.46. The lowest BCUT2D eigenvalue weighted by atomic mass is 10.00. The minimum Gasteiger partial charge on any atom is -0.464 e. The zero-order chi connectivity index (χ0) is 13.2. The topological polar surface area (TPSA) is 63.7 Å². The van der Waals surface area contributed by atoms with E-state index in [1.807, 2.05) is 0 Å². The molecule has 1 aliphatic heterocycles. The van der Waals surface area contributed by atoms with E-state index < -0.39 is 0 Å². The Labute approximate surface area is 101 Å². The van der Waals surface area contributed by atoms with Gasteiger partial charge in [0.2, 0.25) is 11.8 Å². The van der Waals surface area contributed by atoms with Crippen LogP contribution in [0.1, 0.15) is 27.7 Å². The Morgan fingerprint density at radius 2 is 1.71 bits per heavy atom. The van der Waals surface area contributed by atoms with Gasteiger partial charge in [-0.3, -0.25) is 19.3 Å². The van der Waals surface area contributed by atoms with Gasteiger partial charge in [0.05, 0.1) is 12.5 Å². The molecule has 0 radical (unpaired) electrons. The number of esters is 1. The number of carbonyl (C=O) groups excluding carboxylic acids is 3. The van der Waals surface area contributed by atoms with Crippen molar-refractivity contribution in [3.63, 3.8) is 0 Å². The van der Waals surface area contributed by atoms with Gasteiger partial charge in [-0.05, 0) is 0 Å². The molecule has 0 aliphatic carbocycles. The number of likely N-dealkylation sites (tertiary alicyclic amines) is 1. The molecule has 0 aromatic heterocycles. The summed E-state index contributed by atoms with van der Waals surface area (Å²) in [6.45, 7) is 7.19. The van der Waals surface area contributed by atoms with E-state index in [0.29, 0.717) is 0 Å². The maximum atomic E-state index is 11.7. The van der Waals surface area contributed by atoms with Crippen molar-refractivity contribution in [3.05, 3.63) is 0 Å². The van der Waals surface area contributed by atoms with Crippen molar-refractivity contribution in [1.29, 1.82) is 0 Å². The molecule has 5 nitrogen and oxygen atoms in total. The summed E-state index contributed by atoms with van der Waals surface area (Å²) in [6.07, 6.45) is 0. The van der Waals surface area contributed by atoms with E-state index in [-0.39, 0.29) is 48.7 Å². The molecule has 0 spiro atoms. The quantitative estimate of drug-likeness (QED) is 0.540. The first-order chi connectivity index (χ1) is 7.86. The van der Waals surface area contributed by atoms with Crippen LogP contribution in [0.4, 0.5) is 0 Å². The molecule has 1 fully saturated rings. The maximum Gasteiger partial charge on any atom is 0.308 e. The molecule has 1 aliphatic rings. The van der Waals surface area contributed by atoms with Gasteiger partial charge < -0.3 is 4.74 Å². The summed E-state index contributed by atoms with van der Waals surface area (Å²) in [5, 5.41) is 0. The molecule has 1 heterocycles. The number of imide groups is 1. The molecule has 1 rings (SSSR count). The van der Waals surface area contributed by atoms with Crippen LogP contribution in [0, 0.1) is 17.8 Å². The minimum absolute atomic E-state index is 0.0773. The standard InChI is InChI=1S/C12H19NO4/c1-7(2)12(16)17-6-5-13-10(14)8(3)9(4)11(13)15/h7-9H,5-6H2,1-4H3. The van der Waals surface area contributed by atoms with Gasteiger partial charge in [0.25, 0.3) is 0 Å². The summed E-state index contributed by atoms with van der Waals surface area (Å²) in [7, 11) is 0. The number of ether oxygens (including phenoxy) is 1. The zero-order valence-corrected chi connectivity index (χ0v) is 10.7. The summed E-state index contributed by atoms with van der Waals surface area (Å²) in [4.78, 5) is 35.8. The minimum atomic E-state index is -0.315. The van der Waals surface area contributed by atoms with Gasteiger partial charge in [-0.15, -0.1) is 0 Å². The van der Waals surface area contributed by atoms with Crippen LogP contribution < -0.4 is 0 Å². The predicted octanol–water partition coefficient (Wildman–Crippen LogP) is 0.827. The number of nitrogens with zero attached hydrogens (tertiary/aromatic N) is 1. The van der Waals surface area contributed by atoms with Crippen molar-refractivity contribution < 1.29 is 19.1 Å². The first kappa shape index (κ1) is 13.7. The summed E-state index contributed by atoms with van der Waals surface area (Å²) in [6, 6.07) is 0. The van der Waals surface area contributed by atoms with Crippen LogP contribution in [0.2, 0.25) is 0 Å². The second-order valence-corrected chi connectivity index (χ2v) is 4.73. The molecule has 0 saturated carbocycles. The van der Waals surface area contributed by atoms with Gasteiger partial charge >= 0.3 is 5.97 Å². The SMILES string of the molecule is CC(C)C(=O)OCCN1C(=O)C(C)C(C)C1=O. The highest BCUT2D eigenvalue weighted by Gasteiger charge is 2.41. The van der Waals surface area contributed by atoms with Gasteiger partial charge in [0.1, 0.15) is 6.61 Å². The van der Waals surface area contributed by atoms with E-state index in [9.17, 15) is 14.4 Å². The Bertz CT molecular complexity index is 317. The summed E-state index contributed by atoms with van der Waals surface area (Å²) < 4.78 is 4.95. The van der Waals surface area contributed by atoms with Crippen molar-refractivity contribution in [2.24, 2.45) is 17.8 Å². The smallest absolute Gasteiger partial charge is 0.308 e. The highest BCUT2D eigenvalue weighted by atomic mass is 16.5. The normalized spacial score (nSPS) is 24.6. The number of amides is 2. The number of rotatable bonds is 4. The Morgan fingerprint density at radius 3 is 2.12 bits per heavy atom. The van der Waals surface area contributed by atoms with Crippen LogP contribution in [0.25, 0.3) is 0 Å². The van der Waals surface area contributed by atoms with E-state index in [4.69, 9.17) is 4.74 Å². The molecule has 2 unspecified atom stereocenters. The molecule has 0 N–H and O–H groups in total. The maximum absolute atomic E-state index is 11.7. The van der Waals surface area contributed by atoms with Gasteiger partial charge in [-0.25, -0.2) is 0 Å². The molecule has 1 saturated heterocycles. The Balaban J connectivity index is 2.45. The van der Waals surface area contributed by atoms with E-state index in [1.165, 1.54) is 4.90 Å². The average molecular weight is 241 g/mol. The lowest BCUT2D eigenvalue weighted by Gasteiger charge is -2.15. The van der Waals surface area contributed by atoms with Crippen molar-refractivity contribution in [2.75, 3.05) is 13.2 Å². The third kappa shape index (κ3) is 2.84. The molecular weight excluding hydrogens is 222 g/mol. The molecule has 5 heteroatoms. The molecule has 96 valence electrons. The second kappa shape index (κ2) is 5.29. The summed E-state index contributed by atoms with van der Waals surface area (Å²) >= 11 is 0. The highest BCUT2D eigenvalue weighted by Crippen LogP contribution is 2.24. The Morgan fingerprint density at radius 1 is 1.24 bits per heavy atom. The molecule has 0 bridgehead atoms. The van der Waals surface area contributed by atoms with Crippen LogP contribution in [0.3, 0.4) is 0 Å². The van der Waals surface area contributed by atoms with E-state index in [1.54, 1.807) is 27.7 Å². The van der Waals surface area contributed by atoms with E-state index >= 15 is 0 Å². The number of carbonyl (C=O) groups is 3. The predicted molar refractivity (Wildman–Crippen MR) is 60.8 cm³/mol. The van der Waals surface area contributed by atoms with E-state index in [0.717, 1.165) is 0 Å². The van der Waals surface area contributed by atoms with Crippen LogP contribution in [-0.2, 0) is 19.1 Å². The first-order valence-corrected chi connectivity index (χ1v) is 5.88. The lowest BCUT2D eigenvalue weighted by molar-refractivity contribution is -0.151. The fraction of sp³-hybridized carbons (Fsp3) is 0.750. The lowest BCUT2D eigenvalue weighted by Crippen LogP contribution is -2.34. The molecule has 2 amide bonds. The summed E-state index contributed by atoms with van der Waals surface area (Å²) in [5.74, 6) is -1.42. The molecule has 17 heavy (non-hydrogen) atoms. The van der Waals surface area contributed by atoms with Crippen molar-refractivity contribution >= 4 is 17.8 Å². The fourth-order valence-corrected chi connectivity index (χ4v) is 1.65. The van der Waals surface area contributed by atoms with Crippen molar-refractivity contribution in [1.82, 2.24) is 4.90 Å². The second-order valence-electron chi connectivity index (χ2n) is 4.73. The highest BCUT2D eigenvalue weighted by molar-refractivity contribution is 6.04. The van der Waals surface area contributed by atoms with Gasteiger partial charge in [-0.1, -0.05) is 27.7 Å². The largest absolute Gasteiger partial charge is 0.464 e. The Kier molecular flexibility index (Phi) is 4.26.